The molecule has 8 unspecified atom stereocenters. The van der Waals surface area contributed by atoms with Crippen LogP contribution in [0.2, 0.25) is 0 Å². The fourth-order valence-corrected chi connectivity index (χ4v) is 17.4. The van der Waals surface area contributed by atoms with E-state index in [2.05, 4.69) is 11.9 Å². The molecule has 16 heteroatoms. The predicted molar refractivity (Wildman–Crippen MR) is 220 cm³/mol. The molecule has 12 bridgehead atoms. The molecular formula is C44H69N3O11S2. The van der Waals surface area contributed by atoms with Crippen molar-refractivity contribution in [1.82, 2.24) is 13.5 Å². The van der Waals surface area contributed by atoms with E-state index in [0.717, 1.165) is 101 Å². The maximum absolute atomic E-state index is 12.5. The molecule has 2 spiro atoms. The van der Waals surface area contributed by atoms with Crippen LogP contribution in [0.15, 0.2) is 0 Å². The van der Waals surface area contributed by atoms with E-state index in [-0.39, 0.29) is 41.5 Å². The second kappa shape index (κ2) is 16.9. The summed E-state index contributed by atoms with van der Waals surface area (Å²) in [6, 6.07) is 0.928. The summed E-state index contributed by atoms with van der Waals surface area (Å²) < 4.78 is 51.7. The van der Waals surface area contributed by atoms with Gasteiger partial charge in [0.1, 0.15) is 17.3 Å². The molecule has 0 amide bonds. The molecule has 0 aromatic heterocycles. The van der Waals surface area contributed by atoms with Crippen LogP contribution in [0.5, 0.6) is 0 Å². The molecule has 13 fully saturated rings. The third-order valence-electron chi connectivity index (χ3n) is 17.0. The number of ketones is 3. The van der Waals surface area contributed by atoms with Crippen LogP contribution < -0.4 is 0 Å². The topological polar surface area (TPSA) is 166 Å². The van der Waals surface area contributed by atoms with Crippen LogP contribution in [0.4, 0.5) is 0 Å². The SMILES string of the molecule is CCS(=O)(=O)N1C2CCC1CC(=O)C2.CCS(=O)(=O)N1C2CCC1CC1(C2)OOC2(OO1)C1CC3CC(C1)CC2C3.CN1C2CCC1CC(=O)C2.O=C1CC2CCC(C1)C2. The summed E-state index contributed by atoms with van der Waals surface area (Å²) >= 11 is 0. The Morgan fingerprint density at radius 2 is 0.850 bits per heavy atom. The minimum Gasteiger partial charge on any atom is -0.300 e. The molecule has 13 aliphatic rings. The normalized spacial score (nSPS) is 45.3. The molecule has 0 N–H and O–H groups in total. The monoisotopic (exact) mass is 879 g/mol. The zero-order valence-electron chi connectivity index (χ0n) is 36.0. The Morgan fingerprint density at radius 3 is 1.30 bits per heavy atom. The van der Waals surface area contributed by atoms with E-state index < -0.39 is 31.6 Å². The minimum atomic E-state index is -3.21. The first-order chi connectivity index (χ1) is 28.6. The fourth-order valence-electron chi connectivity index (χ4n) is 14.3. The molecule has 7 saturated heterocycles. The summed E-state index contributed by atoms with van der Waals surface area (Å²) in [6.45, 7) is 3.36. The lowest BCUT2D eigenvalue weighted by Gasteiger charge is -2.60. The number of carbonyl (C=O) groups is 3. The Labute approximate surface area is 357 Å². The number of sulfonamides is 2. The summed E-state index contributed by atoms with van der Waals surface area (Å²) in [5.74, 6) is 3.68. The van der Waals surface area contributed by atoms with Gasteiger partial charge >= 0.3 is 0 Å². The minimum absolute atomic E-state index is 0.0359. The lowest BCUT2D eigenvalue weighted by atomic mass is 9.53. The average molecular weight is 880 g/mol. The Morgan fingerprint density at radius 1 is 0.483 bits per heavy atom. The van der Waals surface area contributed by atoms with Crippen LogP contribution in [-0.4, -0.2) is 114 Å². The van der Waals surface area contributed by atoms with Crippen LogP contribution in [0.1, 0.15) is 155 Å². The standard InChI is InChI=1S/C19H29NO6S.C9H15NO3S.C8H13NO.C8H12O/c1-2-27(21,22)20-16-3-4-17(20)11-18(10-16)23-25-19(26-24-18)14-6-12-5-13(8-14)9-15(19)7-12;1-2-14(12,13)10-7-3-4-8(10)6-9(11)5-7;1-9-6-2-3-7(9)5-8(10)4-6;9-8-4-6-1-2-7(3-6)5-8/h12-17H,2-11H2,1H3;7-8H,2-6H2,1H3;6-7H,2-5H2,1H3;6-7H,1-5H2. The Kier molecular flexibility index (Phi) is 12.3. The summed E-state index contributed by atoms with van der Waals surface area (Å²) in [5.41, 5.74) is 0. The molecule has 6 aliphatic carbocycles. The molecule has 13 rings (SSSR count). The number of hydrogen-bond donors (Lipinski definition) is 0. The van der Waals surface area contributed by atoms with Crippen molar-refractivity contribution in [2.24, 2.45) is 35.5 Å². The van der Waals surface area contributed by atoms with E-state index in [1.165, 1.54) is 38.5 Å². The number of piperidine rings is 3. The van der Waals surface area contributed by atoms with Crippen molar-refractivity contribution in [1.29, 1.82) is 0 Å². The lowest BCUT2D eigenvalue weighted by Crippen LogP contribution is -2.66. The highest BCUT2D eigenvalue weighted by Gasteiger charge is 2.66. The predicted octanol–water partition coefficient (Wildman–Crippen LogP) is 5.83. The van der Waals surface area contributed by atoms with Gasteiger partial charge in [0.05, 0.1) is 11.5 Å². The van der Waals surface area contributed by atoms with E-state index in [1.807, 2.05) is 0 Å². The van der Waals surface area contributed by atoms with Crippen LogP contribution in [0.3, 0.4) is 0 Å². The molecule has 7 heterocycles. The number of Topliss-reactive ketones (excluding diaryl/α,β-unsaturated/α-hetero) is 3. The highest BCUT2D eigenvalue weighted by Crippen LogP contribution is 2.62. The largest absolute Gasteiger partial charge is 0.300 e. The number of nitrogens with zero attached hydrogens (tertiary/aromatic N) is 3. The first kappa shape index (κ1) is 43.9. The van der Waals surface area contributed by atoms with Gasteiger partial charge in [0, 0.05) is 99.5 Å². The van der Waals surface area contributed by atoms with Crippen molar-refractivity contribution in [3.8, 4) is 0 Å². The van der Waals surface area contributed by atoms with E-state index in [9.17, 15) is 31.2 Å². The van der Waals surface area contributed by atoms with Gasteiger partial charge in [-0.05, 0) is 134 Å². The van der Waals surface area contributed by atoms with Crippen LogP contribution >= 0.6 is 0 Å². The lowest BCUT2D eigenvalue weighted by molar-refractivity contribution is -0.681. The van der Waals surface area contributed by atoms with Gasteiger partial charge in [0.2, 0.25) is 31.6 Å². The first-order valence-corrected chi connectivity index (χ1v) is 26.8. The maximum Gasteiger partial charge on any atom is 0.239 e. The van der Waals surface area contributed by atoms with Crippen LogP contribution in [0.25, 0.3) is 0 Å². The summed E-state index contributed by atoms with van der Waals surface area (Å²) in [4.78, 5) is 59.8. The Hall–Kier alpha value is -1.37. The maximum atomic E-state index is 12.5. The highest BCUT2D eigenvalue weighted by atomic mass is 32.2. The molecule has 6 saturated carbocycles. The summed E-state index contributed by atoms with van der Waals surface area (Å²) in [5, 5.41) is 0. The third-order valence-corrected chi connectivity index (χ3v) is 21.0. The third kappa shape index (κ3) is 8.38. The van der Waals surface area contributed by atoms with Crippen molar-refractivity contribution in [3.05, 3.63) is 0 Å². The first-order valence-electron chi connectivity index (χ1n) is 23.6. The quantitative estimate of drug-likeness (QED) is 0.311. The van der Waals surface area contributed by atoms with Crippen LogP contribution in [-0.2, 0) is 54.0 Å². The van der Waals surface area contributed by atoms with Crippen molar-refractivity contribution in [2.45, 2.75) is 203 Å². The van der Waals surface area contributed by atoms with Crippen molar-refractivity contribution in [2.75, 3.05) is 18.6 Å². The summed E-state index contributed by atoms with van der Waals surface area (Å²) in [6.07, 6.45) is 21.0. The Bertz CT molecular complexity index is 1780. The van der Waals surface area contributed by atoms with E-state index >= 15 is 0 Å². The van der Waals surface area contributed by atoms with Crippen molar-refractivity contribution in [3.63, 3.8) is 0 Å². The van der Waals surface area contributed by atoms with Gasteiger partial charge in [-0.15, -0.1) is 0 Å². The molecule has 0 aromatic carbocycles. The number of carbonyl (C=O) groups excluding carboxylic acids is 3. The second-order valence-corrected chi connectivity index (χ2v) is 25.2. The van der Waals surface area contributed by atoms with Crippen molar-refractivity contribution >= 4 is 37.4 Å². The van der Waals surface area contributed by atoms with Gasteiger partial charge in [-0.3, -0.25) is 19.3 Å². The van der Waals surface area contributed by atoms with E-state index in [1.54, 1.807) is 22.5 Å². The molecule has 0 aromatic rings. The second-order valence-electron chi connectivity index (χ2n) is 20.8. The fraction of sp³-hybridized carbons (Fsp3) is 0.932. The summed E-state index contributed by atoms with van der Waals surface area (Å²) in [7, 11) is -4.16. The van der Waals surface area contributed by atoms with Gasteiger partial charge in [0.25, 0.3) is 0 Å². The van der Waals surface area contributed by atoms with E-state index in [0.29, 0.717) is 61.2 Å². The van der Waals surface area contributed by atoms with Crippen molar-refractivity contribution < 1.29 is 50.8 Å². The van der Waals surface area contributed by atoms with E-state index in [4.69, 9.17) is 19.6 Å². The highest BCUT2D eigenvalue weighted by molar-refractivity contribution is 7.89. The molecule has 60 heavy (non-hydrogen) atoms. The number of fused-ring (bicyclic) bond motifs is 8. The Balaban J connectivity index is 0.000000116. The van der Waals surface area contributed by atoms with Gasteiger partial charge in [-0.2, -0.15) is 28.2 Å². The van der Waals surface area contributed by atoms with Gasteiger partial charge < -0.3 is 0 Å². The molecule has 338 valence electrons. The zero-order chi connectivity index (χ0) is 42.2. The van der Waals surface area contributed by atoms with Gasteiger partial charge in [-0.1, -0.05) is 0 Å². The van der Waals surface area contributed by atoms with Gasteiger partial charge in [0.15, 0.2) is 0 Å². The zero-order valence-corrected chi connectivity index (χ0v) is 37.7. The number of rotatable bonds is 4. The number of hydrogen-bond acceptors (Lipinski definition) is 12. The molecule has 8 atom stereocenters. The molecule has 14 nitrogen and oxygen atoms in total. The molecular weight excluding hydrogens is 811 g/mol. The molecule has 0 radical (unpaired) electrons. The van der Waals surface area contributed by atoms with Crippen LogP contribution in [0, 0.1) is 35.5 Å². The average Bonchev–Trinajstić information content (AvgIpc) is 3.87. The smallest absolute Gasteiger partial charge is 0.239 e. The van der Waals surface area contributed by atoms with Gasteiger partial charge in [-0.25, -0.2) is 16.8 Å². The molecule has 7 aliphatic heterocycles.